The van der Waals surface area contributed by atoms with Crippen LogP contribution in [0.1, 0.15) is 19.3 Å². The highest BCUT2D eigenvalue weighted by Gasteiger charge is 2.22. The highest BCUT2D eigenvalue weighted by molar-refractivity contribution is 4.72. The minimum absolute atomic E-state index is 0.0880. The van der Waals surface area contributed by atoms with Gasteiger partial charge in [0.15, 0.2) is 0 Å². The van der Waals surface area contributed by atoms with Crippen LogP contribution in [0.5, 0.6) is 0 Å². The Morgan fingerprint density at radius 3 is 2.90 bits per heavy atom. The summed E-state index contributed by atoms with van der Waals surface area (Å²) in [6.07, 6.45) is 1.79. The van der Waals surface area contributed by atoms with Crippen LogP contribution in [0.15, 0.2) is 0 Å². The van der Waals surface area contributed by atoms with Crippen molar-refractivity contribution in [2.45, 2.75) is 31.5 Å². The summed E-state index contributed by atoms with van der Waals surface area (Å²) in [5.41, 5.74) is 5.15. The zero-order valence-corrected chi connectivity index (χ0v) is 6.05. The molecule has 0 spiro atoms. The molecule has 1 aliphatic heterocycles. The van der Waals surface area contributed by atoms with Gasteiger partial charge in [-0.3, -0.25) is 0 Å². The van der Waals surface area contributed by atoms with E-state index in [9.17, 15) is 4.39 Å². The molecule has 0 aromatic rings. The SMILES string of the molecule is NCC(F)C1CCCCO1. The van der Waals surface area contributed by atoms with Crippen LogP contribution in [0, 0.1) is 0 Å². The number of halogens is 1. The summed E-state index contributed by atoms with van der Waals surface area (Å²) in [7, 11) is 0. The van der Waals surface area contributed by atoms with Crippen LogP contribution in [-0.4, -0.2) is 25.4 Å². The Labute approximate surface area is 60.5 Å². The lowest BCUT2D eigenvalue weighted by Gasteiger charge is -2.24. The maximum atomic E-state index is 12.8. The lowest BCUT2D eigenvalue weighted by Crippen LogP contribution is -2.34. The molecule has 2 atom stereocenters. The van der Waals surface area contributed by atoms with Crippen LogP contribution in [0.25, 0.3) is 0 Å². The smallest absolute Gasteiger partial charge is 0.138 e. The monoisotopic (exact) mass is 147 g/mol. The van der Waals surface area contributed by atoms with E-state index in [-0.39, 0.29) is 12.6 Å². The Balaban J connectivity index is 2.24. The first-order valence-electron chi connectivity index (χ1n) is 3.80. The third-order valence-electron chi connectivity index (χ3n) is 1.84. The fourth-order valence-corrected chi connectivity index (χ4v) is 1.20. The van der Waals surface area contributed by atoms with E-state index in [0.717, 1.165) is 19.3 Å². The van der Waals surface area contributed by atoms with Crippen LogP contribution in [-0.2, 0) is 4.74 Å². The van der Waals surface area contributed by atoms with Crippen molar-refractivity contribution in [2.75, 3.05) is 13.2 Å². The fraction of sp³-hybridized carbons (Fsp3) is 1.00. The van der Waals surface area contributed by atoms with Gasteiger partial charge in [0.25, 0.3) is 0 Å². The molecule has 2 nitrogen and oxygen atoms in total. The van der Waals surface area contributed by atoms with Gasteiger partial charge in [-0.2, -0.15) is 0 Å². The van der Waals surface area contributed by atoms with Crippen molar-refractivity contribution < 1.29 is 9.13 Å². The molecule has 60 valence electrons. The molecule has 1 rings (SSSR count). The van der Waals surface area contributed by atoms with E-state index >= 15 is 0 Å². The van der Waals surface area contributed by atoms with Gasteiger partial charge in [0.2, 0.25) is 0 Å². The van der Waals surface area contributed by atoms with Gasteiger partial charge in [-0.15, -0.1) is 0 Å². The molecular weight excluding hydrogens is 133 g/mol. The van der Waals surface area contributed by atoms with Crippen molar-refractivity contribution in [3.05, 3.63) is 0 Å². The molecule has 0 aromatic heterocycles. The van der Waals surface area contributed by atoms with Gasteiger partial charge in [-0.25, -0.2) is 4.39 Å². The summed E-state index contributed by atoms with van der Waals surface area (Å²) in [6, 6.07) is 0. The number of alkyl halides is 1. The Hall–Kier alpha value is -0.150. The van der Waals surface area contributed by atoms with Gasteiger partial charge in [0.1, 0.15) is 6.17 Å². The molecule has 1 heterocycles. The van der Waals surface area contributed by atoms with Crippen molar-refractivity contribution in [1.82, 2.24) is 0 Å². The Morgan fingerprint density at radius 2 is 2.40 bits per heavy atom. The summed E-state index contributed by atoms with van der Waals surface area (Å²) >= 11 is 0. The molecule has 10 heavy (non-hydrogen) atoms. The maximum Gasteiger partial charge on any atom is 0.138 e. The zero-order valence-electron chi connectivity index (χ0n) is 6.05. The van der Waals surface area contributed by atoms with Crippen molar-refractivity contribution >= 4 is 0 Å². The normalized spacial score (nSPS) is 30.0. The first-order chi connectivity index (χ1) is 4.84. The first-order valence-corrected chi connectivity index (χ1v) is 3.80. The van der Waals surface area contributed by atoms with E-state index in [4.69, 9.17) is 10.5 Å². The molecule has 0 aromatic carbocycles. The number of ether oxygens (including phenoxy) is 1. The Morgan fingerprint density at radius 1 is 1.60 bits per heavy atom. The van der Waals surface area contributed by atoms with Crippen LogP contribution < -0.4 is 5.73 Å². The van der Waals surface area contributed by atoms with E-state index < -0.39 is 6.17 Å². The van der Waals surface area contributed by atoms with E-state index in [1.54, 1.807) is 0 Å². The van der Waals surface area contributed by atoms with Crippen molar-refractivity contribution in [1.29, 1.82) is 0 Å². The van der Waals surface area contributed by atoms with E-state index in [2.05, 4.69) is 0 Å². The van der Waals surface area contributed by atoms with Gasteiger partial charge in [-0.05, 0) is 19.3 Å². The molecule has 0 aliphatic carbocycles. The number of rotatable bonds is 2. The third kappa shape index (κ3) is 1.92. The third-order valence-corrected chi connectivity index (χ3v) is 1.84. The molecule has 0 saturated carbocycles. The minimum Gasteiger partial charge on any atom is -0.375 e. The van der Waals surface area contributed by atoms with Crippen LogP contribution in [0.3, 0.4) is 0 Å². The number of hydrogen-bond donors (Lipinski definition) is 1. The predicted molar refractivity (Wildman–Crippen MR) is 37.5 cm³/mol. The van der Waals surface area contributed by atoms with Crippen molar-refractivity contribution in [3.8, 4) is 0 Å². The van der Waals surface area contributed by atoms with Gasteiger partial charge >= 0.3 is 0 Å². The Bertz CT molecular complexity index is 93.6. The summed E-state index contributed by atoms with van der Waals surface area (Å²) in [4.78, 5) is 0. The highest BCUT2D eigenvalue weighted by Crippen LogP contribution is 2.16. The van der Waals surface area contributed by atoms with Crippen LogP contribution in [0.4, 0.5) is 4.39 Å². The molecule has 2 N–H and O–H groups in total. The molecule has 1 saturated heterocycles. The highest BCUT2D eigenvalue weighted by atomic mass is 19.1. The molecule has 3 heteroatoms. The topological polar surface area (TPSA) is 35.2 Å². The number of hydrogen-bond acceptors (Lipinski definition) is 2. The van der Waals surface area contributed by atoms with Crippen molar-refractivity contribution in [2.24, 2.45) is 5.73 Å². The largest absolute Gasteiger partial charge is 0.375 e. The molecular formula is C7H14FNO. The fourth-order valence-electron chi connectivity index (χ4n) is 1.20. The van der Waals surface area contributed by atoms with Crippen LogP contribution >= 0.6 is 0 Å². The van der Waals surface area contributed by atoms with Gasteiger partial charge in [0.05, 0.1) is 6.10 Å². The second kappa shape index (κ2) is 3.88. The summed E-state index contributed by atoms with van der Waals surface area (Å²) in [5, 5.41) is 0. The quantitative estimate of drug-likeness (QED) is 0.628. The standard InChI is InChI=1S/C7H14FNO/c8-6(5-9)7-3-1-2-4-10-7/h6-7H,1-5,9H2. The molecule has 1 aliphatic rings. The van der Waals surface area contributed by atoms with Crippen molar-refractivity contribution in [3.63, 3.8) is 0 Å². The second-order valence-electron chi connectivity index (χ2n) is 2.66. The van der Waals surface area contributed by atoms with E-state index in [1.165, 1.54) is 0 Å². The zero-order chi connectivity index (χ0) is 7.40. The average molecular weight is 147 g/mol. The summed E-state index contributed by atoms with van der Waals surface area (Å²) < 4.78 is 17.9. The first kappa shape index (κ1) is 7.95. The van der Waals surface area contributed by atoms with Gasteiger partial charge in [0, 0.05) is 13.2 Å². The number of nitrogens with two attached hydrogens (primary N) is 1. The van der Waals surface area contributed by atoms with Crippen LogP contribution in [0.2, 0.25) is 0 Å². The summed E-state index contributed by atoms with van der Waals surface area (Å²) in [6.45, 7) is 0.787. The lowest BCUT2D eigenvalue weighted by molar-refractivity contribution is -0.0292. The lowest BCUT2D eigenvalue weighted by atomic mass is 10.1. The molecule has 0 amide bonds. The van der Waals surface area contributed by atoms with E-state index in [0.29, 0.717) is 6.61 Å². The average Bonchev–Trinajstić information content (AvgIpc) is 2.05. The van der Waals surface area contributed by atoms with E-state index in [1.807, 2.05) is 0 Å². The van der Waals surface area contributed by atoms with Gasteiger partial charge in [-0.1, -0.05) is 0 Å². The summed E-state index contributed by atoms with van der Waals surface area (Å²) in [5.74, 6) is 0. The van der Waals surface area contributed by atoms with Gasteiger partial charge < -0.3 is 10.5 Å². The molecule has 2 unspecified atom stereocenters. The molecule has 0 bridgehead atoms. The Kier molecular flexibility index (Phi) is 3.09. The maximum absolute atomic E-state index is 12.8. The molecule has 0 radical (unpaired) electrons. The second-order valence-corrected chi connectivity index (χ2v) is 2.66. The minimum atomic E-state index is -0.958. The predicted octanol–water partition coefficient (Wildman–Crippen LogP) is 0.852. The molecule has 1 fully saturated rings.